The predicted molar refractivity (Wildman–Crippen MR) is 63.9 cm³/mol. The topological polar surface area (TPSA) is 29.3 Å². The Bertz CT molecular complexity index is 297. The van der Waals surface area contributed by atoms with Gasteiger partial charge in [-0.2, -0.15) is 0 Å². The lowest BCUT2D eigenvalue weighted by Crippen LogP contribution is -2.30. The van der Waals surface area contributed by atoms with Crippen molar-refractivity contribution in [3.63, 3.8) is 0 Å². The SMILES string of the molecule is CN(CCN)CC1Cc2ccccc2C1. The quantitative estimate of drug-likeness (QED) is 0.801. The van der Waals surface area contributed by atoms with Gasteiger partial charge in [0, 0.05) is 19.6 Å². The van der Waals surface area contributed by atoms with Gasteiger partial charge in [0.2, 0.25) is 0 Å². The van der Waals surface area contributed by atoms with Crippen LogP contribution >= 0.6 is 0 Å². The van der Waals surface area contributed by atoms with Crippen LogP contribution in [-0.2, 0) is 12.8 Å². The van der Waals surface area contributed by atoms with Crippen molar-refractivity contribution < 1.29 is 0 Å². The predicted octanol–water partition coefficient (Wildman–Crippen LogP) is 1.29. The normalized spacial score (nSPS) is 15.9. The van der Waals surface area contributed by atoms with Gasteiger partial charge in [0.1, 0.15) is 0 Å². The Labute approximate surface area is 92.1 Å². The molecule has 2 N–H and O–H groups in total. The highest BCUT2D eigenvalue weighted by molar-refractivity contribution is 5.32. The van der Waals surface area contributed by atoms with E-state index < -0.39 is 0 Å². The first-order valence-electron chi connectivity index (χ1n) is 5.75. The van der Waals surface area contributed by atoms with Crippen molar-refractivity contribution >= 4 is 0 Å². The van der Waals surface area contributed by atoms with E-state index in [0.29, 0.717) is 0 Å². The Morgan fingerprint density at radius 2 is 1.87 bits per heavy atom. The lowest BCUT2D eigenvalue weighted by molar-refractivity contribution is 0.287. The van der Waals surface area contributed by atoms with Crippen LogP contribution in [0.2, 0.25) is 0 Å². The summed E-state index contributed by atoms with van der Waals surface area (Å²) in [6.45, 7) is 2.94. The Hall–Kier alpha value is -0.860. The second-order valence-corrected chi connectivity index (χ2v) is 4.59. The lowest BCUT2D eigenvalue weighted by atomic mass is 10.1. The molecule has 0 radical (unpaired) electrons. The number of nitrogens with zero attached hydrogens (tertiary/aromatic N) is 1. The van der Waals surface area contributed by atoms with Crippen molar-refractivity contribution in [2.24, 2.45) is 11.7 Å². The van der Waals surface area contributed by atoms with Gasteiger partial charge in [-0.3, -0.25) is 0 Å². The van der Waals surface area contributed by atoms with Crippen LogP contribution in [0.25, 0.3) is 0 Å². The third kappa shape index (κ3) is 2.58. The van der Waals surface area contributed by atoms with Crippen molar-refractivity contribution in [3.8, 4) is 0 Å². The van der Waals surface area contributed by atoms with E-state index in [1.165, 1.54) is 19.4 Å². The van der Waals surface area contributed by atoms with Crippen LogP contribution in [-0.4, -0.2) is 31.6 Å². The number of hydrogen-bond donors (Lipinski definition) is 1. The van der Waals surface area contributed by atoms with E-state index in [-0.39, 0.29) is 0 Å². The molecular weight excluding hydrogens is 184 g/mol. The molecule has 0 atom stereocenters. The zero-order chi connectivity index (χ0) is 10.7. The molecule has 15 heavy (non-hydrogen) atoms. The first-order valence-corrected chi connectivity index (χ1v) is 5.75. The summed E-state index contributed by atoms with van der Waals surface area (Å²) in [7, 11) is 2.16. The molecule has 0 fully saturated rings. The Kier molecular flexibility index (Phi) is 3.39. The second-order valence-electron chi connectivity index (χ2n) is 4.59. The van der Waals surface area contributed by atoms with Gasteiger partial charge < -0.3 is 10.6 Å². The second kappa shape index (κ2) is 4.77. The highest BCUT2D eigenvalue weighted by atomic mass is 15.1. The van der Waals surface area contributed by atoms with Gasteiger partial charge in [0.25, 0.3) is 0 Å². The first-order chi connectivity index (χ1) is 7.29. The molecule has 1 aromatic rings. The van der Waals surface area contributed by atoms with Gasteiger partial charge in [0.05, 0.1) is 0 Å². The average Bonchev–Trinajstić information content (AvgIpc) is 2.59. The highest BCUT2D eigenvalue weighted by Gasteiger charge is 2.21. The minimum Gasteiger partial charge on any atom is -0.329 e. The van der Waals surface area contributed by atoms with Gasteiger partial charge in [-0.15, -0.1) is 0 Å². The minimum absolute atomic E-state index is 0.760. The molecular formula is C13H20N2. The summed E-state index contributed by atoms with van der Waals surface area (Å²) in [5.41, 5.74) is 8.64. The van der Waals surface area contributed by atoms with Crippen LogP contribution in [0.15, 0.2) is 24.3 Å². The molecule has 0 amide bonds. The Morgan fingerprint density at radius 1 is 1.27 bits per heavy atom. The van der Waals surface area contributed by atoms with E-state index in [9.17, 15) is 0 Å². The van der Waals surface area contributed by atoms with Crippen molar-refractivity contribution in [3.05, 3.63) is 35.4 Å². The summed E-state index contributed by atoms with van der Waals surface area (Å²) in [6, 6.07) is 8.81. The van der Waals surface area contributed by atoms with Gasteiger partial charge in [-0.25, -0.2) is 0 Å². The molecule has 0 saturated heterocycles. The fourth-order valence-electron chi connectivity index (χ4n) is 2.53. The number of likely N-dealkylation sites (N-methyl/N-ethyl adjacent to an activating group) is 1. The zero-order valence-corrected chi connectivity index (χ0v) is 9.45. The number of benzene rings is 1. The van der Waals surface area contributed by atoms with Crippen molar-refractivity contribution in [2.75, 3.05) is 26.7 Å². The summed E-state index contributed by atoms with van der Waals surface area (Å²) in [5, 5.41) is 0. The van der Waals surface area contributed by atoms with Crippen LogP contribution in [0.3, 0.4) is 0 Å². The molecule has 0 saturated carbocycles. The summed E-state index contributed by atoms with van der Waals surface area (Å²) in [5.74, 6) is 0.791. The van der Waals surface area contributed by atoms with Gasteiger partial charge in [0.15, 0.2) is 0 Å². The molecule has 0 bridgehead atoms. The molecule has 2 nitrogen and oxygen atoms in total. The van der Waals surface area contributed by atoms with Crippen LogP contribution in [0.5, 0.6) is 0 Å². The lowest BCUT2D eigenvalue weighted by Gasteiger charge is -2.19. The van der Waals surface area contributed by atoms with Crippen LogP contribution < -0.4 is 5.73 Å². The third-order valence-electron chi connectivity index (χ3n) is 3.22. The summed E-state index contributed by atoms with van der Waals surface area (Å²) < 4.78 is 0. The average molecular weight is 204 g/mol. The Balaban J connectivity index is 1.90. The maximum absolute atomic E-state index is 5.55. The molecule has 0 unspecified atom stereocenters. The summed E-state index contributed by atoms with van der Waals surface area (Å²) >= 11 is 0. The number of nitrogens with two attached hydrogens (primary N) is 1. The molecule has 2 rings (SSSR count). The fraction of sp³-hybridized carbons (Fsp3) is 0.538. The fourth-order valence-corrected chi connectivity index (χ4v) is 2.53. The number of hydrogen-bond acceptors (Lipinski definition) is 2. The molecule has 1 aliphatic rings. The number of rotatable bonds is 4. The van der Waals surface area contributed by atoms with E-state index in [1.807, 2.05) is 0 Å². The van der Waals surface area contributed by atoms with Crippen molar-refractivity contribution in [1.82, 2.24) is 4.90 Å². The van der Waals surface area contributed by atoms with E-state index in [2.05, 4.69) is 36.2 Å². The summed E-state index contributed by atoms with van der Waals surface area (Å²) in [4.78, 5) is 2.34. The maximum Gasteiger partial charge on any atom is 0.0102 e. The van der Waals surface area contributed by atoms with E-state index >= 15 is 0 Å². The molecule has 2 heteroatoms. The molecule has 0 aromatic heterocycles. The molecule has 0 aliphatic heterocycles. The van der Waals surface area contributed by atoms with E-state index in [1.54, 1.807) is 11.1 Å². The Morgan fingerprint density at radius 3 is 2.40 bits per heavy atom. The maximum atomic E-state index is 5.55. The van der Waals surface area contributed by atoms with Crippen LogP contribution in [0.1, 0.15) is 11.1 Å². The first kappa shape index (κ1) is 10.7. The monoisotopic (exact) mass is 204 g/mol. The van der Waals surface area contributed by atoms with E-state index in [0.717, 1.165) is 19.0 Å². The largest absolute Gasteiger partial charge is 0.329 e. The zero-order valence-electron chi connectivity index (χ0n) is 9.45. The van der Waals surface area contributed by atoms with Gasteiger partial charge >= 0.3 is 0 Å². The smallest absolute Gasteiger partial charge is 0.0102 e. The third-order valence-corrected chi connectivity index (χ3v) is 3.22. The molecule has 0 spiro atoms. The van der Waals surface area contributed by atoms with Gasteiger partial charge in [-0.1, -0.05) is 24.3 Å². The van der Waals surface area contributed by atoms with Crippen molar-refractivity contribution in [2.45, 2.75) is 12.8 Å². The minimum atomic E-state index is 0.760. The van der Waals surface area contributed by atoms with Crippen molar-refractivity contribution in [1.29, 1.82) is 0 Å². The van der Waals surface area contributed by atoms with Crippen LogP contribution in [0.4, 0.5) is 0 Å². The molecule has 1 aromatic carbocycles. The van der Waals surface area contributed by atoms with E-state index in [4.69, 9.17) is 5.73 Å². The molecule has 1 aliphatic carbocycles. The van der Waals surface area contributed by atoms with Gasteiger partial charge in [-0.05, 0) is 36.9 Å². The van der Waals surface area contributed by atoms with Crippen LogP contribution in [0, 0.1) is 5.92 Å². The highest BCUT2D eigenvalue weighted by Crippen LogP contribution is 2.26. The standard InChI is InChI=1S/C13H20N2/c1-15(7-6-14)10-11-8-12-4-2-3-5-13(12)9-11/h2-5,11H,6-10,14H2,1H3. The number of fused-ring (bicyclic) bond motifs is 1. The molecule has 0 heterocycles. The summed E-state index contributed by atoms with van der Waals surface area (Å²) in [6.07, 6.45) is 2.48. The molecule has 82 valence electrons.